The van der Waals surface area contributed by atoms with Gasteiger partial charge in [0.15, 0.2) is 0 Å². The van der Waals surface area contributed by atoms with Crippen molar-refractivity contribution in [1.82, 2.24) is 9.55 Å². The molecule has 1 aliphatic heterocycles. The Hall–Kier alpha value is -3.25. The minimum atomic E-state index is -0.402. The molecule has 0 fully saturated rings. The quantitative estimate of drug-likeness (QED) is 0.430. The Balaban J connectivity index is 1.74. The molecule has 31 heavy (non-hydrogen) atoms. The van der Waals surface area contributed by atoms with Crippen molar-refractivity contribution >= 4 is 38.4 Å². The van der Waals surface area contributed by atoms with Crippen molar-refractivity contribution in [1.29, 1.82) is 0 Å². The van der Waals surface area contributed by atoms with Crippen molar-refractivity contribution in [3.63, 3.8) is 0 Å². The Bertz CT molecular complexity index is 1410. The Kier molecular flexibility index (Phi) is 4.74. The van der Waals surface area contributed by atoms with E-state index in [1.54, 1.807) is 22.6 Å². The molecule has 0 N–H and O–H groups in total. The van der Waals surface area contributed by atoms with Crippen LogP contribution in [-0.2, 0) is 11.2 Å². The van der Waals surface area contributed by atoms with Gasteiger partial charge >= 0.3 is 0 Å². The first-order chi connectivity index (χ1) is 15.0. The number of benzene rings is 3. The number of likely N-dealkylation sites (N-methyl/N-ethyl adjacent to an activating group) is 1. The van der Waals surface area contributed by atoms with E-state index in [0.717, 1.165) is 27.0 Å². The lowest BCUT2D eigenvalue weighted by Crippen LogP contribution is -2.29. The molecule has 2 heterocycles. The standard InChI is InChI=1S/C25H20BrN3O2/c1-15-7-3-6-10-21(15)29-23(27-20-9-5-4-8-17(20)25(29)31)14-19-18-13-16(26)11-12-22(18)28(2)24(19)30/h3-13,19H,14H2,1-2H3/t19-/m1/s1. The van der Waals surface area contributed by atoms with E-state index in [1.807, 2.05) is 67.6 Å². The minimum Gasteiger partial charge on any atom is -0.315 e. The number of fused-ring (bicyclic) bond motifs is 2. The molecule has 5 rings (SSSR count). The topological polar surface area (TPSA) is 55.2 Å². The summed E-state index contributed by atoms with van der Waals surface area (Å²) in [6.07, 6.45) is 0.334. The van der Waals surface area contributed by atoms with Gasteiger partial charge in [0.2, 0.25) is 5.91 Å². The molecule has 0 spiro atoms. The van der Waals surface area contributed by atoms with Crippen molar-refractivity contribution in [3.05, 3.63) is 98.5 Å². The van der Waals surface area contributed by atoms with E-state index in [0.29, 0.717) is 23.1 Å². The Morgan fingerprint density at radius 1 is 0.968 bits per heavy atom. The number of hydrogen-bond acceptors (Lipinski definition) is 3. The van der Waals surface area contributed by atoms with Crippen LogP contribution in [0.1, 0.15) is 22.9 Å². The third-order valence-electron chi connectivity index (χ3n) is 5.94. The zero-order valence-electron chi connectivity index (χ0n) is 17.2. The van der Waals surface area contributed by atoms with Crippen LogP contribution in [0.25, 0.3) is 16.6 Å². The molecular formula is C25H20BrN3O2. The van der Waals surface area contributed by atoms with Gasteiger partial charge in [0.05, 0.1) is 22.5 Å². The fourth-order valence-electron chi connectivity index (χ4n) is 4.35. The van der Waals surface area contributed by atoms with Crippen molar-refractivity contribution in [2.45, 2.75) is 19.3 Å². The van der Waals surface area contributed by atoms with Crippen LogP contribution >= 0.6 is 15.9 Å². The normalized spacial score (nSPS) is 15.5. The zero-order valence-corrected chi connectivity index (χ0v) is 18.8. The van der Waals surface area contributed by atoms with Gasteiger partial charge in [-0.05, 0) is 54.4 Å². The van der Waals surface area contributed by atoms with Crippen molar-refractivity contribution < 1.29 is 4.79 Å². The van der Waals surface area contributed by atoms with Crippen LogP contribution in [-0.4, -0.2) is 22.5 Å². The summed E-state index contributed by atoms with van der Waals surface area (Å²) in [5.74, 6) is 0.185. The van der Waals surface area contributed by atoms with Gasteiger partial charge in [-0.3, -0.25) is 14.2 Å². The Morgan fingerprint density at radius 2 is 1.71 bits per heavy atom. The summed E-state index contributed by atoms with van der Waals surface area (Å²) in [5, 5.41) is 0.563. The van der Waals surface area contributed by atoms with Crippen LogP contribution in [0.4, 0.5) is 5.69 Å². The molecule has 5 nitrogen and oxygen atoms in total. The number of amides is 1. The van der Waals surface area contributed by atoms with E-state index >= 15 is 0 Å². The number of hydrogen-bond donors (Lipinski definition) is 0. The monoisotopic (exact) mass is 473 g/mol. The molecule has 0 bridgehead atoms. The summed E-state index contributed by atoms with van der Waals surface area (Å²) in [7, 11) is 1.79. The lowest BCUT2D eigenvalue weighted by molar-refractivity contribution is -0.119. The average Bonchev–Trinajstić information content (AvgIpc) is 2.99. The SMILES string of the molecule is Cc1ccccc1-n1c(C[C@H]2C(=O)N(C)c3ccc(Br)cc32)nc2ccccc2c1=O. The maximum absolute atomic E-state index is 13.5. The fourth-order valence-corrected chi connectivity index (χ4v) is 4.73. The van der Waals surface area contributed by atoms with Crippen molar-refractivity contribution in [2.24, 2.45) is 0 Å². The molecule has 1 aromatic heterocycles. The molecule has 0 saturated heterocycles. The molecule has 1 amide bonds. The van der Waals surface area contributed by atoms with E-state index in [9.17, 15) is 9.59 Å². The van der Waals surface area contributed by atoms with E-state index in [4.69, 9.17) is 4.98 Å². The third kappa shape index (κ3) is 3.18. The number of nitrogens with zero attached hydrogens (tertiary/aromatic N) is 3. The summed E-state index contributed by atoms with van der Waals surface area (Å²) in [5.41, 5.74) is 4.11. The number of aryl methyl sites for hydroxylation is 1. The van der Waals surface area contributed by atoms with Crippen LogP contribution in [0, 0.1) is 6.92 Å². The molecule has 1 aliphatic rings. The van der Waals surface area contributed by atoms with Crippen LogP contribution in [0.5, 0.6) is 0 Å². The number of halogens is 1. The lowest BCUT2D eigenvalue weighted by Gasteiger charge is -2.18. The van der Waals surface area contributed by atoms with Gasteiger partial charge in [0.1, 0.15) is 5.82 Å². The largest absolute Gasteiger partial charge is 0.315 e. The highest BCUT2D eigenvalue weighted by Crippen LogP contribution is 2.39. The molecule has 0 unspecified atom stereocenters. The van der Waals surface area contributed by atoms with Gasteiger partial charge in [-0.2, -0.15) is 0 Å². The second-order valence-corrected chi connectivity index (χ2v) is 8.75. The van der Waals surface area contributed by atoms with Gasteiger partial charge in [-0.15, -0.1) is 0 Å². The zero-order chi connectivity index (χ0) is 21.7. The van der Waals surface area contributed by atoms with E-state index in [2.05, 4.69) is 15.9 Å². The third-order valence-corrected chi connectivity index (χ3v) is 6.44. The second-order valence-electron chi connectivity index (χ2n) is 7.83. The predicted octanol–water partition coefficient (Wildman–Crippen LogP) is 4.76. The predicted molar refractivity (Wildman–Crippen MR) is 126 cm³/mol. The smallest absolute Gasteiger partial charge is 0.265 e. The average molecular weight is 474 g/mol. The van der Waals surface area contributed by atoms with Crippen LogP contribution in [0.3, 0.4) is 0 Å². The number of carbonyl (C=O) groups is 1. The molecule has 4 aromatic rings. The second kappa shape index (κ2) is 7.46. The molecular weight excluding hydrogens is 454 g/mol. The highest BCUT2D eigenvalue weighted by molar-refractivity contribution is 9.10. The van der Waals surface area contributed by atoms with Gasteiger partial charge in [0.25, 0.3) is 5.56 Å². The fraction of sp³-hybridized carbons (Fsp3) is 0.160. The first-order valence-corrected chi connectivity index (χ1v) is 10.9. The molecule has 6 heteroatoms. The molecule has 0 saturated carbocycles. The molecule has 0 radical (unpaired) electrons. The summed E-state index contributed by atoms with van der Waals surface area (Å²) in [6.45, 7) is 1.97. The number of carbonyl (C=O) groups excluding carboxylic acids is 1. The lowest BCUT2D eigenvalue weighted by atomic mass is 9.96. The van der Waals surface area contributed by atoms with Crippen LogP contribution < -0.4 is 10.5 Å². The molecule has 154 valence electrons. The maximum atomic E-state index is 13.5. The highest BCUT2D eigenvalue weighted by atomic mass is 79.9. The molecule has 3 aromatic carbocycles. The summed E-state index contributed by atoms with van der Waals surface area (Å²) in [4.78, 5) is 33.2. The van der Waals surface area contributed by atoms with Gasteiger partial charge in [-0.25, -0.2) is 4.98 Å². The highest BCUT2D eigenvalue weighted by Gasteiger charge is 2.36. The first-order valence-electron chi connectivity index (χ1n) is 10.1. The molecule has 1 atom stereocenters. The minimum absolute atomic E-state index is 0.00633. The number of rotatable bonds is 3. The summed E-state index contributed by atoms with van der Waals surface area (Å²) in [6, 6.07) is 21.0. The summed E-state index contributed by atoms with van der Waals surface area (Å²) >= 11 is 3.52. The summed E-state index contributed by atoms with van der Waals surface area (Å²) < 4.78 is 2.59. The van der Waals surface area contributed by atoms with E-state index in [1.165, 1.54) is 0 Å². The maximum Gasteiger partial charge on any atom is 0.265 e. The molecule has 0 aliphatic carbocycles. The van der Waals surface area contributed by atoms with Crippen LogP contribution in [0.2, 0.25) is 0 Å². The number of para-hydroxylation sites is 2. The Morgan fingerprint density at radius 3 is 2.52 bits per heavy atom. The van der Waals surface area contributed by atoms with Crippen molar-refractivity contribution in [2.75, 3.05) is 11.9 Å². The first kappa shape index (κ1) is 19.7. The number of aromatic nitrogens is 2. The van der Waals surface area contributed by atoms with Gasteiger partial charge in [0, 0.05) is 23.6 Å². The van der Waals surface area contributed by atoms with Gasteiger partial charge in [-0.1, -0.05) is 46.3 Å². The van der Waals surface area contributed by atoms with Crippen LogP contribution in [0.15, 0.2) is 76.0 Å². The number of anilines is 1. The van der Waals surface area contributed by atoms with Crippen molar-refractivity contribution in [3.8, 4) is 5.69 Å². The Labute approximate surface area is 188 Å². The van der Waals surface area contributed by atoms with E-state index in [-0.39, 0.29) is 11.5 Å². The van der Waals surface area contributed by atoms with Gasteiger partial charge < -0.3 is 4.90 Å². The van der Waals surface area contributed by atoms with E-state index < -0.39 is 5.92 Å².